The van der Waals surface area contributed by atoms with Crippen molar-refractivity contribution in [2.24, 2.45) is 5.73 Å². The summed E-state index contributed by atoms with van der Waals surface area (Å²) in [5.41, 5.74) is 6.25. The molecular formula is C9H11N3O2S. The molecule has 0 unspecified atom stereocenters. The van der Waals surface area contributed by atoms with Crippen molar-refractivity contribution in [3.05, 3.63) is 36.3 Å². The van der Waals surface area contributed by atoms with E-state index >= 15 is 0 Å². The number of rotatable bonds is 2. The third-order valence-electron chi connectivity index (χ3n) is 1.94. The van der Waals surface area contributed by atoms with E-state index < -0.39 is 0 Å². The summed E-state index contributed by atoms with van der Waals surface area (Å²) in [6.07, 6.45) is 3.49. The fourth-order valence-corrected chi connectivity index (χ4v) is 1.65. The van der Waals surface area contributed by atoms with Crippen LogP contribution in [0.2, 0.25) is 0 Å². The Labute approximate surface area is 91.6 Å². The Hall–Kier alpha value is -1.37. The molecule has 5 nitrogen and oxygen atoms in total. The Bertz CT molecular complexity index is 397. The number of hydrogen-bond acceptors (Lipinski definition) is 6. The lowest BCUT2D eigenvalue weighted by Crippen LogP contribution is -2.22. The molecule has 0 amide bonds. The molecule has 0 saturated carbocycles. The summed E-state index contributed by atoms with van der Waals surface area (Å²) in [5, 5.41) is 11.0. The lowest BCUT2D eigenvalue weighted by molar-refractivity contribution is -0.304. The van der Waals surface area contributed by atoms with Gasteiger partial charge in [-0.3, -0.25) is 5.21 Å². The van der Waals surface area contributed by atoms with E-state index in [4.69, 9.17) is 15.9 Å². The van der Waals surface area contributed by atoms with Crippen molar-refractivity contribution in [1.29, 1.82) is 0 Å². The molecule has 0 fully saturated rings. The number of nitrogens with zero attached hydrogens (tertiary/aromatic N) is 2. The van der Waals surface area contributed by atoms with Gasteiger partial charge in [0.15, 0.2) is 5.82 Å². The van der Waals surface area contributed by atoms with E-state index in [1.165, 1.54) is 11.3 Å². The largest absolute Gasteiger partial charge is 0.380 e. The number of thioether (sulfide) groups is 1. The highest BCUT2D eigenvalue weighted by Crippen LogP contribution is 2.25. The van der Waals surface area contributed by atoms with Crippen molar-refractivity contribution < 1.29 is 10.1 Å². The zero-order valence-corrected chi connectivity index (χ0v) is 8.94. The molecule has 1 aromatic carbocycles. The van der Waals surface area contributed by atoms with Crippen LogP contribution in [0.25, 0.3) is 0 Å². The fraction of sp³-hybridized carbons (Fsp3) is 0.111. The zero-order chi connectivity index (χ0) is 10.8. The number of nitrogens with two attached hydrogens (primary N) is 1. The van der Waals surface area contributed by atoms with Gasteiger partial charge in [0.2, 0.25) is 0 Å². The summed E-state index contributed by atoms with van der Waals surface area (Å²) >= 11 is 1.63. The van der Waals surface area contributed by atoms with E-state index in [9.17, 15) is 0 Å². The molecule has 0 spiro atoms. The van der Waals surface area contributed by atoms with Gasteiger partial charge in [-0.1, -0.05) is 11.3 Å². The first kappa shape index (κ1) is 10.2. The van der Waals surface area contributed by atoms with Crippen LogP contribution in [0.3, 0.4) is 0 Å². The lowest BCUT2D eigenvalue weighted by Gasteiger charge is -2.15. The minimum absolute atomic E-state index is 0.143. The number of hydrogen-bond donors (Lipinski definition) is 2. The third-order valence-corrected chi connectivity index (χ3v) is 2.67. The summed E-state index contributed by atoms with van der Waals surface area (Å²) in [7, 11) is 0. The summed E-state index contributed by atoms with van der Waals surface area (Å²) in [6.45, 7) is 0. The summed E-state index contributed by atoms with van der Waals surface area (Å²) in [4.78, 5) is 6.07. The average molecular weight is 225 g/mol. The first-order valence-electron chi connectivity index (χ1n) is 4.28. The van der Waals surface area contributed by atoms with Crippen LogP contribution >= 0.6 is 11.8 Å². The fourth-order valence-electron chi connectivity index (χ4n) is 1.19. The molecule has 6 heteroatoms. The molecular weight excluding hydrogens is 214 g/mol. The normalized spacial score (nSPS) is 15.7. The van der Waals surface area contributed by atoms with Gasteiger partial charge >= 0.3 is 0 Å². The van der Waals surface area contributed by atoms with Crippen molar-refractivity contribution >= 4 is 17.4 Å². The standard InChI is InChI=1S/C9H11N3O2S/c1-15-8-4-2-3-7(5-8)11-6-9(10)12(13)14-11/h2-6,13H,10H2,1H3. The van der Waals surface area contributed by atoms with Gasteiger partial charge in [0.25, 0.3) is 0 Å². The monoisotopic (exact) mass is 225 g/mol. The van der Waals surface area contributed by atoms with Crippen molar-refractivity contribution in [3.63, 3.8) is 0 Å². The minimum atomic E-state index is 0.143. The van der Waals surface area contributed by atoms with E-state index in [0.29, 0.717) is 5.23 Å². The molecule has 0 saturated heterocycles. The molecule has 3 N–H and O–H groups in total. The van der Waals surface area contributed by atoms with E-state index in [-0.39, 0.29) is 5.82 Å². The maximum Gasteiger partial charge on any atom is 0.176 e. The van der Waals surface area contributed by atoms with Gasteiger partial charge in [-0.05, 0) is 24.5 Å². The second kappa shape index (κ2) is 4.01. The lowest BCUT2D eigenvalue weighted by atomic mass is 10.3. The van der Waals surface area contributed by atoms with Gasteiger partial charge in [0.1, 0.15) is 0 Å². The molecule has 0 bridgehead atoms. The van der Waals surface area contributed by atoms with Crippen LogP contribution in [-0.4, -0.2) is 16.7 Å². The van der Waals surface area contributed by atoms with Crippen molar-refractivity contribution in [3.8, 4) is 0 Å². The van der Waals surface area contributed by atoms with Crippen molar-refractivity contribution in [2.75, 3.05) is 11.3 Å². The molecule has 15 heavy (non-hydrogen) atoms. The Morgan fingerprint density at radius 1 is 1.47 bits per heavy atom. The Morgan fingerprint density at radius 3 is 2.87 bits per heavy atom. The first-order chi connectivity index (χ1) is 7.20. The summed E-state index contributed by atoms with van der Waals surface area (Å²) in [5.74, 6) is 0.143. The first-order valence-corrected chi connectivity index (χ1v) is 5.51. The van der Waals surface area contributed by atoms with Crippen LogP contribution in [0.15, 0.2) is 41.2 Å². The van der Waals surface area contributed by atoms with Gasteiger partial charge in [-0.25, -0.2) is 0 Å². The third kappa shape index (κ3) is 2.01. The zero-order valence-electron chi connectivity index (χ0n) is 8.12. The van der Waals surface area contributed by atoms with E-state index in [2.05, 4.69) is 0 Å². The second-order valence-electron chi connectivity index (χ2n) is 2.94. The molecule has 2 rings (SSSR count). The van der Waals surface area contributed by atoms with E-state index in [1.54, 1.807) is 11.8 Å². The average Bonchev–Trinajstić information content (AvgIpc) is 2.59. The molecule has 0 aromatic heterocycles. The van der Waals surface area contributed by atoms with Crippen LogP contribution in [0.4, 0.5) is 5.69 Å². The van der Waals surface area contributed by atoms with Crippen LogP contribution in [-0.2, 0) is 4.94 Å². The van der Waals surface area contributed by atoms with Crippen LogP contribution < -0.4 is 10.8 Å². The summed E-state index contributed by atoms with van der Waals surface area (Å²) in [6, 6.07) is 7.71. The maximum absolute atomic E-state index is 9.13. The molecule has 0 radical (unpaired) electrons. The Balaban J connectivity index is 2.24. The highest BCUT2D eigenvalue weighted by atomic mass is 32.2. The molecule has 80 valence electrons. The number of anilines is 1. The highest BCUT2D eigenvalue weighted by molar-refractivity contribution is 7.98. The predicted octanol–water partition coefficient (Wildman–Crippen LogP) is 1.52. The summed E-state index contributed by atoms with van der Waals surface area (Å²) < 4.78 is 0. The van der Waals surface area contributed by atoms with Crippen LogP contribution in [0.5, 0.6) is 0 Å². The molecule has 0 aliphatic carbocycles. The number of benzene rings is 1. The van der Waals surface area contributed by atoms with Gasteiger partial charge in [-0.2, -0.15) is 5.06 Å². The van der Waals surface area contributed by atoms with Gasteiger partial charge in [0.05, 0.1) is 11.9 Å². The maximum atomic E-state index is 9.13. The Kier molecular flexibility index (Phi) is 2.72. The SMILES string of the molecule is CSc1cccc(N2C=C(N)N(O)O2)c1. The van der Waals surface area contributed by atoms with E-state index in [0.717, 1.165) is 10.6 Å². The quantitative estimate of drug-likeness (QED) is 0.744. The Morgan fingerprint density at radius 2 is 2.27 bits per heavy atom. The van der Waals surface area contributed by atoms with Crippen molar-refractivity contribution in [2.45, 2.75) is 4.90 Å². The second-order valence-corrected chi connectivity index (χ2v) is 3.82. The molecule has 0 atom stereocenters. The highest BCUT2D eigenvalue weighted by Gasteiger charge is 2.19. The van der Waals surface area contributed by atoms with Gasteiger partial charge < -0.3 is 5.73 Å². The van der Waals surface area contributed by atoms with Gasteiger partial charge in [0, 0.05) is 4.90 Å². The molecule has 1 aromatic rings. The molecule has 1 aliphatic heterocycles. The minimum Gasteiger partial charge on any atom is -0.380 e. The predicted molar refractivity (Wildman–Crippen MR) is 57.7 cm³/mol. The number of hydroxylamine groups is 3. The van der Waals surface area contributed by atoms with Gasteiger partial charge in [-0.15, -0.1) is 16.7 Å². The molecule has 1 heterocycles. The van der Waals surface area contributed by atoms with E-state index in [1.807, 2.05) is 30.5 Å². The smallest absolute Gasteiger partial charge is 0.176 e. The molecule has 1 aliphatic rings. The van der Waals surface area contributed by atoms with Crippen LogP contribution in [0.1, 0.15) is 0 Å². The van der Waals surface area contributed by atoms with Crippen LogP contribution in [0, 0.1) is 0 Å². The topological polar surface area (TPSA) is 62.0 Å². The van der Waals surface area contributed by atoms with Crippen molar-refractivity contribution in [1.82, 2.24) is 5.23 Å².